The molecule has 5 nitrogen and oxygen atoms in total. The number of hydrogen-bond donors (Lipinski definition) is 2. The third-order valence-corrected chi connectivity index (χ3v) is 4.86. The molecule has 6 heteroatoms. The Hall–Kier alpha value is -2.09. The highest BCUT2D eigenvalue weighted by Gasteiger charge is 2.18. The van der Waals surface area contributed by atoms with Crippen LogP contribution >= 0.6 is 24.0 Å². The number of rotatable bonds is 3. The normalized spacial score (nSPS) is 14.0. The second-order valence-electron chi connectivity index (χ2n) is 6.38. The van der Waals surface area contributed by atoms with Crippen molar-refractivity contribution in [2.24, 2.45) is 4.99 Å². The summed E-state index contributed by atoms with van der Waals surface area (Å²) in [6.07, 6.45) is 5.89. The lowest BCUT2D eigenvalue weighted by atomic mass is 10.0. The van der Waals surface area contributed by atoms with Gasteiger partial charge in [0.1, 0.15) is 5.65 Å². The minimum atomic E-state index is 0. The van der Waals surface area contributed by atoms with Crippen LogP contribution in [-0.2, 0) is 19.4 Å². The van der Waals surface area contributed by atoms with Crippen LogP contribution in [0.3, 0.4) is 0 Å². The van der Waals surface area contributed by atoms with E-state index in [9.17, 15) is 0 Å². The van der Waals surface area contributed by atoms with Crippen LogP contribution in [0.1, 0.15) is 16.7 Å². The number of benzene rings is 1. The first-order chi connectivity index (χ1) is 12.3. The first-order valence-electron chi connectivity index (χ1n) is 8.78. The van der Waals surface area contributed by atoms with Gasteiger partial charge in [-0.1, -0.05) is 24.3 Å². The van der Waals surface area contributed by atoms with Crippen LogP contribution < -0.4 is 5.32 Å². The number of guanidine groups is 1. The highest BCUT2D eigenvalue weighted by molar-refractivity contribution is 14.0. The molecule has 3 heterocycles. The van der Waals surface area contributed by atoms with Crippen LogP contribution in [0.2, 0.25) is 0 Å². The number of aliphatic imine (C=N–C) groups is 1. The molecule has 26 heavy (non-hydrogen) atoms. The van der Waals surface area contributed by atoms with Crippen LogP contribution in [0.25, 0.3) is 11.0 Å². The zero-order chi connectivity index (χ0) is 17.1. The highest BCUT2D eigenvalue weighted by atomic mass is 127. The number of fused-ring (bicyclic) bond motifs is 2. The molecule has 136 valence electrons. The Labute approximate surface area is 170 Å². The Balaban J connectivity index is 0.00000196. The van der Waals surface area contributed by atoms with E-state index in [1.54, 1.807) is 0 Å². The molecule has 1 aliphatic heterocycles. The standard InChI is InChI=1S/C20H23N5.HI/c1-21-20(25-12-9-15-5-2-3-6-17(15)14-25)23-11-8-16-13-24-19-18(16)7-4-10-22-19;/h2-7,10,13H,8-9,11-12,14H2,1H3,(H,21,23)(H,22,24);1H. The summed E-state index contributed by atoms with van der Waals surface area (Å²) in [4.78, 5) is 14.4. The summed E-state index contributed by atoms with van der Waals surface area (Å²) in [7, 11) is 1.86. The SMILES string of the molecule is CN=C(NCCc1c[nH]c2ncccc12)N1CCc2ccccc2C1.I. The van der Waals surface area contributed by atoms with Gasteiger partial charge in [0.15, 0.2) is 5.96 Å². The molecule has 0 unspecified atom stereocenters. The Kier molecular flexibility index (Phi) is 6.13. The van der Waals surface area contributed by atoms with Gasteiger partial charge in [-0.05, 0) is 41.7 Å². The molecule has 0 atom stereocenters. The number of halogens is 1. The molecule has 0 spiro atoms. The van der Waals surface area contributed by atoms with E-state index >= 15 is 0 Å². The zero-order valence-electron chi connectivity index (χ0n) is 14.9. The number of hydrogen-bond acceptors (Lipinski definition) is 2. The minimum absolute atomic E-state index is 0. The predicted molar refractivity (Wildman–Crippen MR) is 117 cm³/mol. The topological polar surface area (TPSA) is 56.3 Å². The summed E-state index contributed by atoms with van der Waals surface area (Å²) in [5.74, 6) is 0.979. The first-order valence-corrected chi connectivity index (χ1v) is 8.78. The second-order valence-corrected chi connectivity index (χ2v) is 6.38. The largest absolute Gasteiger partial charge is 0.356 e. The zero-order valence-corrected chi connectivity index (χ0v) is 17.2. The molecule has 0 aliphatic carbocycles. The van der Waals surface area contributed by atoms with Crippen molar-refractivity contribution >= 4 is 41.0 Å². The lowest BCUT2D eigenvalue weighted by Gasteiger charge is -2.31. The van der Waals surface area contributed by atoms with Crippen LogP contribution in [-0.4, -0.2) is 41.0 Å². The van der Waals surface area contributed by atoms with Crippen molar-refractivity contribution in [2.75, 3.05) is 20.1 Å². The number of pyridine rings is 1. The number of nitrogens with zero attached hydrogens (tertiary/aromatic N) is 3. The second kappa shape index (κ2) is 8.53. The highest BCUT2D eigenvalue weighted by Crippen LogP contribution is 2.19. The molecular formula is C20H24IN5. The molecule has 0 radical (unpaired) electrons. The van der Waals surface area contributed by atoms with Crippen molar-refractivity contribution in [1.29, 1.82) is 0 Å². The molecule has 1 aliphatic rings. The molecule has 0 saturated carbocycles. The maximum atomic E-state index is 4.48. The van der Waals surface area contributed by atoms with E-state index in [4.69, 9.17) is 0 Å². The third kappa shape index (κ3) is 3.85. The number of aromatic amines is 1. The van der Waals surface area contributed by atoms with Gasteiger partial charge in [-0.25, -0.2) is 4.98 Å². The van der Waals surface area contributed by atoms with Gasteiger partial charge in [-0.3, -0.25) is 4.99 Å². The Bertz CT molecular complexity index is 902. The van der Waals surface area contributed by atoms with Gasteiger partial charge >= 0.3 is 0 Å². The fourth-order valence-electron chi connectivity index (χ4n) is 3.54. The van der Waals surface area contributed by atoms with Gasteiger partial charge in [0.05, 0.1) is 0 Å². The fraction of sp³-hybridized carbons (Fsp3) is 0.300. The molecule has 0 fully saturated rings. The van der Waals surface area contributed by atoms with Gasteiger partial charge < -0.3 is 15.2 Å². The van der Waals surface area contributed by atoms with Crippen molar-refractivity contribution in [2.45, 2.75) is 19.4 Å². The average Bonchev–Trinajstić information content (AvgIpc) is 3.08. The van der Waals surface area contributed by atoms with Crippen molar-refractivity contribution in [3.05, 3.63) is 65.5 Å². The Morgan fingerprint density at radius 3 is 2.92 bits per heavy atom. The molecule has 2 aromatic heterocycles. The van der Waals surface area contributed by atoms with Crippen LogP contribution in [0.4, 0.5) is 0 Å². The summed E-state index contributed by atoms with van der Waals surface area (Å²) >= 11 is 0. The van der Waals surface area contributed by atoms with Crippen LogP contribution in [0, 0.1) is 0 Å². The van der Waals surface area contributed by atoms with E-state index in [0.29, 0.717) is 0 Å². The maximum Gasteiger partial charge on any atom is 0.193 e. The number of H-pyrrole nitrogens is 1. The molecule has 0 amide bonds. The molecule has 0 saturated heterocycles. The van der Waals surface area contributed by atoms with Crippen LogP contribution in [0.15, 0.2) is 53.8 Å². The number of aromatic nitrogens is 2. The van der Waals surface area contributed by atoms with Gasteiger partial charge in [-0.15, -0.1) is 24.0 Å². The lowest BCUT2D eigenvalue weighted by Crippen LogP contribution is -2.44. The molecular weight excluding hydrogens is 437 g/mol. The molecule has 0 bridgehead atoms. The van der Waals surface area contributed by atoms with E-state index in [0.717, 1.165) is 44.1 Å². The minimum Gasteiger partial charge on any atom is -0.356 e. The lowest BCUT2D eigenvalue weighted by molar-refractivity contribution is 0.379. The van der Waals surface area contributed by atoms with Gasteiger partial charge in [0, 0.05) is 44.5 Å². The van der Waals surface area contributed by atoms with Crippen molar-refractivity contribution in [3.8, 4) is 0 Å². The summed E-state index contributed by atoms with van der Waals surface area (Å²) in [6, 6.07) is 12.8. The summed E-state index contributed by atoms with van der Waals surface area (Å²) in [6.45, 7) is 2.78. The summed E-state index contributed by atoms with van der Waals surface area (Å²) in [5.41, 5.74) is 5.10. The van der Waals surface area contributed by atoms with Gasteiger partial charge in [0.2, 0.25) is 0 Å². The van der Waals surface area contributed by atoms with Crippen molar-refractivity contribution < 1.29 is 0 Å². The molecule has 2 N–H and O–H groups in total. The van der Waals surface area contributed by atoms with E-state index in [1.807, 2.05) is 19.3 Å². The quantitative estimate of drug-likeness (QED) is 0.358. The predicted octanol–water partition coefficient (Wildman–Crippen LogP) is 3.36. The van der Waals surface area contributed by atoms with Crippen LogP contribution in [0.5, 0.6) is 0 Å². The summed E-state index contributed by atoms with van der Waals surface area (Å²) < 4.78 is 0. The van der Waals surface area contributed by atoms with E-state index in [-0.39, 0.29) is 24.0 Å². The maximum absolute atomic E-state index is 4.48. The van der Waals surface area contributed by atoms with Crippen molar-refractivity contribution in [1.82, 2.24) is 20.2 Å². The van der Waals surface area contributed by atoms with E-state index in [2.05, 4.69) is 61.7 Å². The number of nitrogens with one attached hydrogen (secondary N) is 2. The molecule has 3 aromatic rings. The first kappa shape index (κ1) is 18.7. The molecule has 1 aromatic carbocycles. The molecule has 4 rings (SSSR count). The Morgan fingerprint density at radius 2 is 2.08 bits per heavy atom. The van der Waals surface area contributed by atoms with E-state index < -0.39 is 0 Å². The Morgan fingerprint density at radius 1 is 1.23 bits per heavy atom. The monoisotopic (exact) mass is 461 g/mol. The smallest absolute Gasteiger partial charge is 0.193 e. The third-order valence-electron chi connectivity index (χ3n) is 4.86. The summed E-state index contributed by atoms with van der Waals surface area (Å²) in [5, 5.41) is 4.71. The van der Waals surface area contributed by atoms with Gasteiger partial charge in [0.25, 0.3) is 0 Å². The van der Waals surface area contributed by atoms with E-state index in [1.165, 1.54) is 22.1 Å². The van der Waals surface area contributed by atoms with Gasteiger partial charge in [-0.2, -0.15) is 0 Å². The average molecular weight is 461 g/mol. The fourth-order valence-corrected chi connectivity index (χ4v) is 3.54. The van der Waals surface area contributed by atoms with Crippen molar-refractivity contribution in [3.63, 3.8) is 0 Å².